The number of benzene rings is 1. The zero-order valence-corrected chi connectivity index (χ0v) is 8.62. The van der Waals surface area contributed by atoms with Gasteiger partial charge in [0, 0.05) is 0 Å². The van der Waals surface area contributed by atoms with Crippen molar-refractivity contribution in [2.75, 3.05) is 13.6 Å². The SMILES string of the molecule is CC(O)c1ccccc1.CCNC. The van der Waals surface area contributed by atoms with E-state index in [0.29, 0.717) is 0 Å². The van der Waals surface area contributed by atoms with Crippen molar-refractivity contribution in [2.24, 2.45) is 0 Å². The van der Waals surface area contributed by atoms with Gasteiger partial charge in [0.15, 0.2) is 0 Å². The Balaban J connectivity index is 0.000000310. The molecular formula is C11H19NO. The first-order chi connectivity index (χ1) is 6.22. The van der Waals surface area contributed by atoms with E-state index >= 15 is 0 Å². The van der Waals surface area contributed by atoms with E-state index in [0.717, 1.165) is 12.1 Å². The fourth-order valence-electron chi connectivity index (χ4n) is 0.732. The van der Waals surface area contributed by atoms with E-state index in [1.54, 1.807) is 6.92 Å². The van der Waals surface area contributed by atoms with Gasteiger partial charge in [-0.3, -0.25) is 0 Å². The van der Waals surface area contributed by atoms with Crippen LogP contribution in [0.4, 0.5) is 0 Å². The number of aliphatic hydroxyl groups excluding tert-OH is 1. The highest BCUT2D eigenvalue weighted by Crippen LogP contribution is 2.08. The molecule has 1 unspecified atom stereocenters. The summed E-state index contributed by atoms with van der Waals surface area (Å²) in [5.74, 6) is 0. The predicted octanol–water partition coefficient (Wildman–Crippen LogP) is 1.97. The molecule has 0 spiro atoms. The van der Waals surface area contributed by atoms with Crippen molar-refractivity contribution in [1.29, 1.82) is 0 Å². The first kappa shape index (κ1) is 12.1. The van der Waals surface area contributed by atoms with Crippen molar-refractivity contribution in [3.63, 3.8) is 0 Å². The summed E-state index contributed by atoms with van der Waals surface area (Å²) in [5.41, 5.74) is 0.970. The molecular weight excluding hydrogens is 162 g/mol. The van der Waals surface area contributed by atoms with Gasteiger partial charge in [-0.1, -0.05) is 37.3 Å². The van der Waals surface area contributed by atoms with E-state index in [1.165, 1.54) is 0 Å². The minimum atomic E-state index is -0.341. The van der Waals surface area contributed by atoms with E-state index in [9.17, 15) is 0 Å². The van der Waals surface area contributed by atoms with E-state index in [-0.39, 0.29) is 6.10 Å². The third kappa shape index (κ3) is 6.31. The van der Waals surface area contributed by atoms with Crippen LogP contribution in [-0.4, -0.2) is 18.7 Å². The Labute approximate surface area is 80.6 Å². The second-order valence-corrected chi connectivity index (χ2v) is 2.79. The molecule has 13 heavy (non-hydrogen) atoms. The summed E-state index contributed by atoms with van der Waals surface area (Å²) in [6.45, 7) is 4.90. The molecule has 0 saturated heterocycles. The zero-order valence-electron chi connectivity index (χ0n) is 8.62. The monoisotopic (exact) mass is 181 g/mol. The Morgan fingerprint density at radius 2 is 1.77 bits per heavy atom. The smallest absolute Gasteiger partial charge is 0.0761 e. The van der Waals surface area contributed by atoms with Crippen LogP contribution in [0.2, 0.25) is 0 Å². The summed E-state index contributed by atoms with van der Waals surface area (Å²) < 4.78 is 0. The molecule has 2 N–H and O–H groups in total. The molecule has 0 bridgehead atoms. The van der Waals surface area contributed by atoms with Crippen LogP contribution in [-0.2, 0) is 0 Å². The summed E-state index contributed by atoms with van der Waals surface area (Å²) in [4.78, 5) is 0. The minimum Gasteiger partial charge on any atom is -0.389 e. The van der Waals surface area contributed by atoms with Crippen molar-refractivity contribution in [2.45, 2.75) is 20.0 Å². The molecule has 0 aliphatic rings. The molecule has 0 aliphatic heterocycles. The minimum absolute atomic E-state index is 0.341. The Morgan fingerprint density at radius 1 is 1.31 bits per heavy atom. The molecule has 1 aromatic carbocycles. The van der Waals surface area contributed by atoms with Gasteiger partial charge in [-0.2, -0.15) is 0 Å². The third-order valence-electron chi connectivity index (χ3n) is 1.64. The van der Waals surface area contributed by atoms with Crippen LogP contribution in [0.25, 0.3) is 0 Å². The topological polar surface area (TPSA) is 32.3 Å². The van der Waals surface area contributed by atoms with Crippen LogP contribution in [0.1, 0.15) is 25.5 Å². The molecule has 0 heterocycles. The molecule has 74 valence electrons. The maximum absolute atomic E-state index is 9.02. The normalized spacial score (nSPS) is 11.4. The van der Waals surface area contributed by atoms with Crippen molar-refractivity contribution in [3.05, 3.63) is 35.9 Å². The molecule has 2 heteroatoms. The Morgan fingerprint density at radius 3 is 2.00 bits per heavy atom. The van der Waals surface area contributed by atoms with Gasteiger partial charge in [0.2, 0.25) is 0 Å². The lowest BCUT2D eigenvalue weighted by molar-refractivity contribution is 0.199. The molecule has 1 rings (SSSR count). The van der Waals surface area contributed by atoms with Crippen LogP contribution in [0.15, 0.2) is 30.3 Å². The molecule has 1 aromatic rings. The lowest BCUT2D eigenvalue weighted by Crippen LogP contribution is -2.01. The van der Waals surface area contributed by atoms with E-state index in [4.69, 9.17) is 5.11 Å². The summed E-state index contributed by atoms with van der Waals surface area (Å²) in [7, 11) is 1.93. The van der Waals surface area contributed by atoms with Crippen LogP contribution in [0.5, 0.6) is 0 Å². The molecule has 0 amide bonds. The van der Waals surface area contributed by atoms with Crippen LogP contribution in [0.3, 0.4) is 0 Å². The van der Waals surface area contributed by atoms with Gasteiger partial charge in [0.05, 0.1) is 6.10 Å². The summed E-state index contributed by atoms with van der Waals surface area (Å²) >= 11 is 0. The first-order valence-corrected chi connectivity index (χ1v) is 4.60. The number of nitrogens with one attached hydrogen (secondary N) is 1. The van der Waals surface area contributed by atoms with Gasteiger partial charge >= 0.3 is 0 Å². The highest BCUT2D eigenvalue weighted by Gasteiger charge is 1.95. The Hall–Kier alpha value is -0.860. The number of hydrogen-bond donors (Lipinski definition) is 2. The predicted molar refractivity (Wildman–Crippen MR) is 56.7 cm³/mol. The average molecular weight is 181 g/mol. The maximum atomic E-state index is 9.02. The van der Waals surface area contributed by atoms with E-state index in [1.807, 2.05) is 37.4 Å². The summed E-state index contributed by atoms with van der Waals surface area (Å²) in [6.07, 6.45) is -0.341. The van der Waals surface area contributed by atoms with Crippen molar-refractivity contribution in [1.82, 2.24) is 5.32 Å². The van der Waals surface area contributed by atoms with Crippen LogP contribution < -0.4 is 5.32 Å². The van der Waals surface area contributed by atoms with Gasteiger partial charge in [0.25, 0.3) is 0 Å². The number of aliphatic hydroxyl groups is 1. The molecule has 0 aliphatic carbocycles. The van der Waals surface area contributed by atoms with Crippen LogP contribution in [0, 0.1) is 0 Å². The standard InChI is InChI=1S/C8H10O.C3H9N/c1-7(9)8-5-3-2-4-6-8;1-3-4-2/h2-7,9H,1H3;4H,3H2,1-2H3. The van der Waals surface area contributed by atoms with Gasteiger partial charge < -0.3 is 10.4 Å². The fraction of sp³-hybridized carbons (Fsp3) is 0.455. The quantitative estimate of drug-likeness (QED) is 0.731. The van der Waals surface area contributed by atoms with Crippen LogP contribution >= 0.6 is 0 Å². The molecule has 0 fully saturated rings. The van der Waals surface area contributed by atoms with Crippen molar-refractivity contribution >= 4 is 0 Å². The molecule has 0 saturated carbocycles. The van der Waals surface area contributed by atoms with Gasteiger partial charge in [-0.05, 0) is 26.1 Å². The lowest BCUT2D eigenvalue weighted by Gasteiger charge is -2.00. The fourth-order valence-corrected chi connectivity index (χ4v) is 0.732. The summed E-state index contributed by atoms with van der Waals surface area (Å²) in [5, 5.41) is 12.0. The van der Waals surface area contributed by atoms with Crippen molar-refractivity contribution in [3.8, 4) is 0 Å². The largest absolute Gasteiger partial charge is 0.389 e. The average Bonchev–Trinajstić information content (AvgIpc) is 2.19. The Kier molecular flexibility index (Phi) is 7.26. The molecule has 1 atom stereocenters. The van der Waals surface area contributed by atoms with Gasteiger partial charge in [-0.25, -0.2) is 0 Å². The van der Waals surface area contributed by atoms with E-state index < -0.39 is 0 Å². The summed E-state index contributed by atoms with van der Waals surface area (Å²) in [6, 6.07) is 9.59. The second kappa shape index (κ2) is 7.77. The van der Waals surface area contributed by atoms with Crippen molar-refractivity contribution < 1.29 is 5.11 Å². The lowest BCUT2D eigenvalue weighted by atomic mass is 10.1. The molecule has 0 radical (unpaired) electrons. The zero-order chi connectivity index (χ0) is 10.1. The van der Waals surface area contributed by atoms with E-state index in [2.05, 4.69) is 12.2 Å². The highest BCUT2D eigenvalue weighted by molar-refractivity contribution is 5.16. The molecule has 2 nitrogen and oxygen atoms in total. The first-order valence-electron chi connectivity index (χ1n) is 4.60. The number of rotatable bonds is 2. The molecule has 0 aromatic heterocycles. The second-order valence-electron chi connectivity index (χ2n) is 2.79. The third-order valence-corrected chi connectivity index (χ3v) is 1.64. The van der Waals surface area contributed by atoms with Gasteiger partial charge in [-0.15, -0.1) is 0 Å². The van der Waals surface area contributed by atoms with Gasteiger partial charge in [0.1, 0.15) is 0 Å². The maximum Gasteiger partial charge on any atom is 0.0761 e. The highest BCUT2D eigenvalue weighted by atomic mass is 16.3. The number of hydrogen-bond acceptors (Lipinski definition) is 2. The Bertz CT molecular complexity index is 195.